The van der Waals surface area contributed by atoms with Gasteiger partial charge in [-0.15, -0.1) is 0 Å². The van der Waals surface area contributed by atoms with Crippen LogP contribution in [0.4, 0.5) is 5.95 Å². The molecular formula is C18H17N7O. The van der Waals surface area contributed by atoms with E-state index in [1.165, 1.54) is 6.07 Å². The van der Waals surface area contributed by atoms with Gasteiger partial charge in [0.25, 0.3) is 5.56 Å². The minimum Gasteiger partial charge on any atom is -0.331 e. The Morgan fingerprint density at radius 1 is 1.23 bits per heavy atom. The van der Waals surface area contributed by atoms with Gasteiger partial charge in [-0.1, -0.05) is 12.1 Å². The number of aliphatic imine (C=N–C) groups is 1. The number of hydrogen-bond acceptors (Lipinski definition) is 5. The summed E-state index contributed by atoms with van der Waals surface area (Å²) in [6.45, 7) is 2.20. The highest BCUT2D eigenvalue weighted by Gasteiger charge is 2.26. The minimum atomic E-state index is -0.442. The van der Waals surface area contributed by atoms with E-state index in [-0.39, 0.29) is 5.56 Å². The summed E-state index contributed by atoms with van der Waals surface area (Å²) in [5, 5.41) is 6.34. The molecule has 0 spiro atoms. The average molecular weight is 347 g/mol. The minimum absolute atomic E-state index is 0.148. The van der Waals surface area contributed by atoms with E-state index in [9.17, 15) is 4.79 Å². The maximum atomic E-state index is 12.5. The lowest BCUT2D eigenvalue weighted by atomic mass is 10.2. The van der Waals surface area contributed by atoms with Crippen LogP contribution in [0.5, 0.6) is 0 Å². The Balaban J connectivity index is 1.73. The molecule has 0 bridgehead atoms. The van der Waals surface area contributed by atoms with E-state index in [2.05, 4.69) is 30.6 Å². The molecule has 1 atom stereocenters. The summed E-state index contributed by atoms with van der Waals surface area (Å²) in [5.41, 5.74) is 2.19. The van der Waals surface area contributed by atoms with Crippen LogP contribution in [0.3, 0.4) is 0 Å². The molecule has 130 valence electrons. The van der Waals surface area contributed by atoms with Gasteiger partial charge in [-0.2, -0.15) is 0 Å². The molecule has 0 saturated carbocycles. The number of aromatic nitrogens is 4. The molecule has 26 heavy (non-hydrogen) atoms. The van der Waals surface area contributed by atoms with E-state index < -0.39 is 6.17 Å². The smallest absolute Gasteiger partial charge is 0.257 e. The normalized spacial score (nSPS) is 17.3. The van der Waals surface area contributed by atoms with Crippen LogP contribution < -0.4 is 16.2 Å². The first-order valence-corrected chi connectivity index (χ1v) is 8.19. The predicted molar refractivity (Wildman–Crippen MR) is 97.7 cm³/mol. The molecule has 0 amide bonds. The lowest BCUT2D eigenvalue weighted by Gasteiger charge is -2.30. The molecule has 3 aromatic heterocycles. The van der Waals surface area contributed by atoms with E-state index >= 15 is 0 Å². The first-order chi connectivity index (χ1) is 12.7. The molecule has 0 aromatic carbocycles. The number of hydrogen-bond donors (Lipinski definition) is 2. The number of fused-ring (bicyclic) bond motifs is 1. The predicted octanol–water partition coefficient (Wildman–Crippen LogP) is 1.46. The Bertz CT molecular complexity index is 999. The Kier molecular flexibility index (Phi) is 4.14. The van der Waals surface area contributed by atoms with Crippen molar-refractivity contribution in [2.24, 2.45) is 4.99 Å². The molecule has 8 nitrogen and oxygen atoms in total. The van der Waals surface area contributed by atoms with Crippen molar-refractivity contribution in [2.75, 3.05) is 5.32 Å². The summed E-state index contributed by atoms with van der Waals surface area (Å²) < 4.78 is 1.56. The molecule has 0 saturated heterocycles. The van der Waals surface area contributed by atoms with Gasteiger partial charge >= 0.3 is 0 Å². The number of pyridine rings is 2. The summed E-state index contributed by atoms with van der Waals surface area (Å²) in [6.07, 6.45) is 4.70. The van der Waals surface area contributed by atoms with E-state index in [0.29, 0.717) is 24.1 Å². The number of aryl methyl sites for hydroxylation is 1. The van der Waals surface area contributed by atoms with Crippen LogP contribution in [0.2, 0.25) is 0 Å². The second-order valence-electron chi connectivity index (χ2n) is 5.87. The van der Waals surface area contributed by atoms with Crippen LogP contribution in [0, 0.1) is 6.92 Å². The molecule has 1 aliphatic rings. The molecular weight excluding hydrogens is 330 g/mol. The SMILES string of the molecule is Cc1cc(=O)n2c(n1)NC(=NCc1ccccn1)N[C@H]2c1cccnc1. The van der Waals surface area contributed by atoms with Crippen molar-refractivity contribution in [1.29, 1.82) is 0 Å². The second-order valence-corrected chi connectivity index (χ2v) is 5.87. The van der Waals surface area contributed by atoms with Gasteiger partial charge in [-0.25, -0.2) is 9.98 Å². The third-order valence-electron chi connectivity index (χ3n) is 3.97. The van der Waals surface area contributed by atoms with Gasteiger partial charge in [-0.3, -0.25) is 24.6 Å². The highest BCUT2D eigenvalue weighted by molar-refractivity contribution is 5.93. The lowest BCUT2D eigenvalue weighted by Crippen LogP contribution is -2.48. The van der Waals surface area contributed by atoms with Crippen molar-refractivity contribution in [2.45, 2.75) is 19.6 Å². The number of rotatable bonds is 3. The van der Waals surface area contributed by atoms with Gasteiger partial charge in [-0.05, 0) is 25.1 Å². The topological polar surface area (TPSA) is 97.1 Å². The summed E-state index contributed by atoms with van der Waals surface area (Å²) in [4.78, 5) is 29.9. The van der Waals surface area contributed by atoms with E-state index in [0.717, 1.165) is 11.3 Å². The van der Waals surface area contributed by atoms with Crippen molar-refractivity contribution in [3.05, 3.63) is 82.3 Å². The number of guanidine groups is 1. The van der Waals surface area contributed by atoms with Crippen LogP contribution in [0.25, 0.3) is 0 Å². The molecule has 4 heterocycles. The molecule has 3 aromatic rings. The van der Waals surface area contributed by atoms with Crippen LogP contribution in [0.1, 0.15) is 23.1 Å². The molecule has 0 fully saturated rings. The maximum absolute atomic E-state index is 12.5. The monoisotopic (exact) mass is 347 g/mol. The lowest BCUT2D eigenvalue weighted by molar-refractivity contribution is 0.513. The fraction of sp³-hybridized carbons (Fsp3) is 0.167. The summed E-state index contributed by atoms with van der Waals surface area (Å²) in [6, 6.07) is 10.9. The Morgan fingerprint density at radius 2 is 2.15 bits per heavy atom. The molecule has 2 N–H and O–H groups in total. The number of anilines is 1. The zero-order valence-corrected chi connectivity index (χ0v) is 14.1. The number of nitrogens with zero attached hydrogens (tertiary/aromatic N) is 5. The van der Waals surface area contributed by atoms with Crippen LogP contribution >= 0.6 is 0 Å². The largest absolute Gasteiger partial charge is 0.331 e. The van der Waals surface area contributed by atoms with E-state index in [1.54, 1.807) is 30.1 Å². The van der Waals surface area contributed by atoms with Crippen LogP contribution in [-0.4, -0.2) is 25.5 Å². The highest BCUT2D eigenvalue weighted by atomic mass is 16.1. The zero-order chi connectivity index (χ0) is 17.9. The molecule has 4 rings (SSSR count). The fourth-order valence-electron chi connectivity index (χ4n) is 2.79. The number of nitrogens with one attached hydrogen (secondary N) is 2. The summed E-state index contributed by atoms with van der Waals surface area (Å²) in [7, 11) is 0. The van der Waals surface area contributed by atoms with Gasteiger partial charge in [0, 0.05) is 35.9 Å². The van der Waals surface area contributed by atoms with E-state index in [1.807, 2.05) is 30.3 Å². The van der Waals surface area contributed by atoms with Crippen molar-refractivity contribution in [1.82, 2.24) is 24.8 Å². The summed E-state index contributed by atoms with van der Waals surface area (Å²) in [5.74, 6) is 0.976. The van der Waals surface area contributed by atoms with Crippen LogP contribution in [0.15, 0.2) is 64.8 Å². The summed E-state index contributed by atoms with van der Waals surface area (Å²) >= 11 is 0. The first-order valence-electron chi connectivity index (χ1n) is 8.19. The van der Waals surface area contributed by atoms with Crippen molar-refractivity contribution >= 4 is 11.9 Å². The zero-order valence-electron chi connectivity index (χ0n) is 14.1. The maximum Gasteiger partial charge on any atom is 0.257 e. The molecule has 8 heteroatoms. The Morgan fingerprint density at radius 3 is 2.92 bits per heavy atom. The highest BCUT2D eigenvalue weighted by Crippen LogP contribution is 2.20. The quantitative estimate of drug-likeness (QED) is 0.744. The molecule has 0 unspecified atom stereocenters. The second kappa shape index (κ2) is 6.75. The van der Waals surface area contributed by atoms with Gasteiger partial charge < -0.3 is 5.32 Å². The third kappa shape index (κ3) is 3.16. The fourth-order valence-corrected chi connectivity index (χ4v) is 2.79. The first kappa shape index (κ1) is 15.9. The average Bonchev–Trinajstić information content (AvgIpc) is 2.67. The van der Waals surface area contributed by atoms with Crippen LogP contribution in [-0.2, 0) is 6.54 Å². The molecule has 0 radical (unpaired) electrons. The van der Waals surface area contributed by atoms with Crippen molar-refractivity contribution in [3.63, 3.8) is 0 Å². The molecule has 0 aliphatic carbocycles. The van der Waals surface area contributed by atoms with Gasteiger partial charge in [0.05, 0.1) is 12.2 Å². The van der Waals surface area contributed by atoms with Gasteiger partial charge in [0.1, 0.15) is 6.17 Å². The van der Waals surface area contributed by atoms with Gasteiger partial charge in [0.15, 0.2) is 5.96 Å². The Hall–Kier alpha value is -3.55. The molecule has 1 aliphatic heterocycles. The van der Waals surface area contributed by atoms with Crippen molar-refractivity contribution in [3.8, 4) is 0 Å². The standard InChI is InChI=1S/C18H17N7O/c1-12-9-15(26)25-16(13-5-4-7-19-10-13)23-17(24-18(25)22-12)21-11-14-6-2-3-8-20-14/h2-10,16H,11H2,1H3,(H2,21,22,23,24)/t16-/m1/s1. The van der Waals surface area contributed by atoms with E-state index in [4.69, 9.17) is 0 Å². The van der Waals surface area contributed by atoms with Crippen molar-refractivity contribution < 1.29 is 0 Å². The third-order valence-corrected chi connectivity index (χ3v) is 3.97. The van der Waals surface area contributed by atoms with Gasteiger partial charge in [0.2, 0.25) is 5.95 Å². The Labute approximate surface area is 149 Å².